The molecule has 0 saturated carbocycles. The molecule has 0 unspecified atom stereocenters. The van der Waals surface area contributed by atoms with E-state index in [-0.39, 0.29) is 5.54 Å². The van der Waals surface area contributed by atoms with E-state index in [2.05, 4.69) is 64.0 Å². The highest BCUT2D eigenvalue weighted by atomic mass is 15.2. The summed E-state index contributed by atoms with van der Waals surface area (Å²) in [5.41, 5.74) is 6.05. The van der Waals surface area contributed by atoms with E-state index in [9.17, 15) is 0 Å². The quantitative estimate of drug-likeness (QED) is 0.827. The van der Waals surface area contributed by atoms with E-state index in [0.29, 0.717) is 5.92 Å². The molecule has 0 aromatic heterocycles. The fourth-order valence-corrected chi connectivity index (χ4v) is 3.35. The van der Waals surface area contributed by atoms with Crippen molar-refractivity contribution in [2.45, 2.75) is 65.5 Å². The second kappa shape index (κ2) is 5.77. The predicted octanol–water partition coefficient (Wildman–Crippen LogP) is 4.22. The summed E-state index contributed by atoms with van der Waals surface area (Å²) in [6, 6.07) is 4.82. The average Bonchev–Trinajstić information content (AvgIpc) is 2.37. The summed E-state index contributed by atoms with van der Waals surface area (Å²) in [6.45, 7) is 13.6. The summed E-state index contributed by atoms with van der Waals surface area (Å²) < 4.78 is 0. The molecule has 0 spiro atoms. The SMILES string of the molecule is CCCNCc1cc2c(cc1C)N(C)C(C)(C)C[C@@H]2C. The Morgan fingerprint density at radius 1 is 1.35 bits per heavy atom. The van der Waals surface area contributed by atoms with Crippen LogP contribution in [0.1, 0.15) is 63.1 Å². The van der Waals surface area contributed by atoms with Gasteiger partial charge in [-0.15, -0.1) is 0 Å². The molecular weight excluding hydrogens is 244 g/mol. The van der Waals surface area contributed by atoms with Crippen molar-refractivity contribution >= 4 is 5.69 Å². The van der Waals surface area contributed by atoms with Gasteiger partial charge in [0.2, 0.25) is 0 Å². The Labute approximate surface area is 124 Å². The van der Waals surface area contributed by atoms with Gasteiger partial charge < -0.3 is 10.2 Å². The molecule has 1 aromatic carbocycles. The molecule has 1 N–H and O–H groups in total. The van der Waals surface area contributed by atoms with Gasteiger partial charge in [-0.3, -0.25) is 0 Å². The third-order valence-corrected chi connectivity index (χ3v) is 4.83. The van der Waals surface area contributed by atoms with Crippen molar-refractivity contribution in [3.8, 4) is 0 Å². The zero-order valence-corrected chi connectivity index (χ0v) is 14.0. The van der Waals surface area contributed by atoms with E-state index in [4.69, 9.17) is 0 Å². The van der Waals surface area contributed by atoms with Crippen molar-refractivity contribution in [2.75, 3.05) is 18.5 Å². The van der Waals surface area contributed by atoms with Crippen LogP contribution in [0, 0.1) is 6.92 Å². The normalized spacial score (nSPS) is 20.9. The number of hydrogen-bond acceptors (Lipinski definition) is 2. The molecule has 0 amide bonds. The van der Waals surface area contributed by atoms with Crippen molar-refractivity contribution in [1.82, 2.24) is 5.32 Å². The smallest absolute Gasteiger partial charge is 0.0406 e. The van der Waals surface area contributed by atoms with Crippen LogP contribution < -0.4 is 10.2 Å². The van der Waals surface area contributed by atoms with E-state index in [1.807, 2.05) is 0 Å². The minimum Gasteiger partial charge on any atom is -0.369 e. The van der Waals surface area contributed by atoms with Gasteiger partial charge in [0.15, 0.2) is 0 Å². The first-order valence-corrected chi connectivity index (χ1v) is 7.94. The third kappa shape index (κ3) is 2.85. The Balaban J connectivity index is 2.33. The van der Waals surface area contributed by atoms with Gasteiger partial charge in [-0.05, 0) is 68.8 Å². The highest BCUT2D eigenvalue weighted by Gasteiger charge is 2.34. The standard InChI is InChI=1S/C18H30N2/c1-7-8-19-12-15-10-16-14(3)11-18(4,5)20(6)17(16)9-13(15)2/h9-10,14,19H,7-8,11-12H2,1-6H3/t14-/m0/s1. The van der Waals surface area contributed by atoms with Crippen LogP contribution in [-0.4, -0.2) is 19.1 Å². The van der Waals surface area contributed by atoms with E-state index < -0.39 is 0 Å². The van der Waals surface area contributed by atoms with Gasteiger partial charge in [0, 0.05) is 24.8 Å². The lowest BCUT2D eigenvalue weighted by molar-refractivity contribution is 0.395. The second-order valence-electron chi connectivity index (χ2n) is 6.99. The Morgan fingerprint density at radius 3 is 2.70 bits per heavy atom. The summed E-state index contributed by atoms with van der Waals surface area (Å²) in [5.74, 6) is 0.640. The number of fused-ring (bicyclic) bond motifs is 1. The van der Waals surface area contributed by atoms with Crippen LogP contribution in [0.25, 0.3) is 0 Å². The zero-order valence-electron chi connectivity index (χ0n) is 14.0. The molecule has 1 heterocycles. The van der Waals surface area contributed by atoms with E-state index >= 15 is 0 Å². The fourth-order valence-electron chi connectivity index (χ4n) is 3.35. The van der Waals surface area contributed by atoms with Gasteiger partial charge in [0.05, 0.1) is 0 Å². The van der Waals surface area contributed by atoms with Crippen LogP contribution in [0.4, 0.5) is 5.69 Å². The molecule has 0 radical (unpaired) electrons. The number of nitrogens with zero attached hydrogens (tertiary/aromatic N) is 1. The molecule has 1 atom stereocenters. The third-order valence-electron chi connectivity index (χ3n) is 4.83. The van der Waals surface area contributed by atoms with Gasteiger partial charge in [0.25, 0.3) is 0 Å². The minimum atomic E-state index is 0.251. The van der Waals surface area contributed by atoms with Gasteiger partial charge in [0.1, 0.15) is 0 Å². The Hall–Kier alpha value is -1.02. The maximum atomic E-state index is 3.53. The number of nitrogens with one attached hydrogen (secondary N) is 1. The number of aryl methyl sites for hydroxylation is 1. The lowest BCUT2D eigenvalue weighted by Gasteiger charge is -2.45. The van der Waals surface area contributed by atoms with Gasteiger partial charge in [-0.2, -0.15) is 0 Å². The molecule has 2 rings (SSSR count). The summed E-state index contributed by atoms with van der Waals surface area (Å²) in [6.07, 6.45) is 2.42. The van der Waals surface area contributed by atoms with E-state index in [0.717, 1.165) is 13.1 Å². The van der Waals surface area contributed by atoms with Crippen LogP contribution >= 0.6 is 0 Å². The topological polar surface area (TPSA) is 15.3 Å². The first-order valence-electron chi connectivity index (χ1n) is 7.94. The Bertz CT molecular complexity index is 477. The molecule has 1 aliphatic rings. The average molecular weight is 274 g/mol. The minimum absolute atomic E-state index is 0.251. The molecule has 20 heavy (non-hydrogen) atoms. The van der Waals surface area contributed by atoms with E-state index in [1.54, 1.807) is 0 Å². The molecule has 112 valence electrons. The molecule has 0 fully saturated rings. The number of benzene rings is 1. The van der Waals surface area contributed by atoms with Crippen LogP contribution in [-0.2, 0) is 6.54 Å². The molecule has 0 bridgehead atoms. The lowest BCUT2D eigenvalue weighted by atomic mass is 9.79. The monoisotopic (exact) mass is 274 g/mol. The largest absolute Gasteiger partial charge is 0.369 e. The molecule has 2 nitrogen and oxygen atoms in total. The lowest BCUT2D eigenvalue weighted by Crippen LogP contribution is -2.45. The fraction of sp³-hybridized carbons (Fsp3) is 0.667. The maximum absolute atomic E-state index is 3.53. The first kappa shape index (κ1) is 15.4. The van der Waals surface area contributed by atoms with Crippen molar-refractivity contribution in [1.29, 1.82) is 0 Å². The molecule has 1 aliphatic heterocycles. The Kier molecular flexibility index (Phi) is 4.43. The molecule has 1 aromatic rings. The molecule has 0 aliphatic carbocycles. The van der Waals surface area contributed by atoms with Gasteiger partial charge in [-0.1, -0.05) is 19.9 Å². The van der Waals surface area contributed by atoms with E-state index in [1.165, 1.54) is 35.2 Å². The van der Waals surface area contributed by atoms with Crippen LogP contribution in [0.2, 0.25) is 0 Å². The zero-order chi connectivity index (χ0) is 14.9. The van der Waals surface area contributed by atoms with Crippen molar-refractivity contribution in [2.24, 2.45) is 0 Å². The van der Waals surface area contributed by atoms with Crippen molar-refractivity contribution in [3.63, 3.8) is 0 Å². The maximum Gasteiger partial charge on any atom is 0.0406 e. The number of rotatable bonds is 4. The first-order chi connectivity index (χ1) is 9.36. The summed E-state index contributed by atoms with van der Waals surface area (Å²) >= 11 is 0. The predicted molar refractivity (Wildman–Crippen MR) is 88.7 cm³/mol. The molecule has 0 saturated heterocycles. The summed E-state index contributed by atoms with van der Waals surface area (Å²) in [7, 11) is 2.24. The number of hydrogen-bond donors (Lipinski definition) is 1. The number of anilines is 1. The van der Waals surface area contributed by atoms with Crippen LogP contribution in [0.5, 0.6) is 0 Å². The summed E-state index contributed by atoms with van der Waals surface area (Å²) in [5, 5.41) is 3.53. The molecular formula is C18H30N2. The highest BCUT2D eigenvalue weighted by molar-refractivity contribution is 5.62. The van der Waals surface area contributed by atoms with Gasteiger partial charge in [-0.25, -0.2) is 0 Å². The van der Waals surface area contributed by atoms with Crippen molar-refractivity contribution in [3.05, 3.63) is 28.8 Å². The Morgan fingerprint density at radius 2 is 2.05 bits per heavy atom. The van der Waals surface area contributed by atoms with Crippen LogP contribution in [0.15, 0.2) is 12.1 Å². The van der Waals surface area contributed by atoms with Gasteiger partial charge >= 0.3 is 0 Å². The van der Waals surface area contributed by atoms with Crippen LogP contribution in [0.3, 0.4) is 0 Å². The molecule has 2 heteroatoms. The van der Waals surface area contributed by atoms with Crippen molar-refractivity contribution < 1.29 is 0 Å². The second-order valence-corrected chi connectivity index (χ2v) is 6.99. The highest BCUT2D eigenvalue weighted by Crippen LogP contribution is 2.43. The summed E-state index contributed by atoms with van der Waals surface area (Å²) in [4.78, 5) is 2.46.